The van der Waals surface area contributed by atoms with Gasteiger partial charge in [0.15, 0.2) is 5.78 Å². The number of ketones is 1. The largest absolute Gasteiger partial charge is 0.480 e. The van der Waals surface area contributed by atoms with E-state index < -0.39 is 41.8 Å². The van der Waals surface area contributed by atoms with Gasteiger partial charge >= 0.3 is 18.0 Å². The second-order valence-electron chi connectivity index (χ2n) is 8.34. The number of likely N-dealkylation sites (tertiary alicyclic amines) is 1. The summed E-state index contributed by atoms with van der Waals surface area (Å²) < 4.78 is 10.0. The van der Waals surface area contributed by atoms with Gasteiger partial charge < -0.3 is 24.8 Å². The Morgan fingerprint density at radius 1 is 1.11 bits per heavy atom. The first-order valence-corrected chi connectivity index (χ1v) is 11.4. The van der Waals surface area contributed by atoms with Crippen molar-refractivity contribution in [3.8, 4) is 5.75 Å². The van der Waals surface area contributed by atoms with Gasteiger partial charge in [0.2, 0.25) is 0 Å². The number of nitrogens with one attached hydrogen (secondary N) is 1. The Hall–Kier alpha value is -3.92. The lowest BCUT2D eigenvalue weighted by atomic mass is 9.89. The molecular weight excluding hydrogens is 492 g/mol. The monoisotopic (exact) mass is 516 g/mol. The zero-order valence-corrected chi connectivity index (χ0v) is 20.4. The zero-order valence-electron chi connectivity index (χ0n) is 19.6. The topological polar surface area (TPSA) is 139 Å². The maximum atomic E-state index is 12.6. The molecule has 3 unspecified atom stereocenters. The fourth-order valence-corrected chi connectivity index (χ4v) is 4.03. The van der Waals surface area contributed by atoms with Gasteiger partial charge in [-0.1, -0.05) is 42.8 Å². The molecule has 0 bridgehead atoms. The SMILES string of the molecule is COC(=O)C1CN(C(=O)Oc2ccc(CC(NC(=O)c3ccccc3Cl)C(=O)O)cc2)CC(C)C1=O. The number of methoxy groups -OCH3 is 1. The van der Waals surface area contributed by atoms with Crippen molar-refractivity contribution in [1.29, 1.82) is 0 Å². The van der Waals surface area contributed by atoms with Crippen molar-refractivity contribution < 1.29 is 38.6 Å². The Labute approximate surface area is 212 Å². The number of carboxylic acids is 1. The highest BCUT2D eigenvalue weighted by atomic mass is 35.5. The predicted octanol–water partition coefficient (Wildman–Crippen LogP) is 2.57. The third-order valence-electron chi connectivity index (χ3n) is 5.76. The average molecular weight is 517 g/mol. The summed E-state index contributed by atoms with van der Waals surface area (Å²) in [6.45, 7) is 1.59. The molecule has 190 valence electrons. The summed E-state index contributed by atoms with van der Waals surface area (Å²) in [7, 11) is 1.18. The van der Waals surface area contributed by atoms with Gasteiger partial charge in [0, 0.05) is 25.4 Å². The van der Waals surface area contributed by atoms with E-state index in [1.165, 1.54) is 36.3 Å². The second kappa shape index (κ2) is 11.7. The molecule has 1 aliphatic heterocycles. The van der Waals surface area contributed by atoms with Crippen LogP contribution in [0.25, 0.3) is 0 Å². The van der Waals surface area contributed by atoms with Crippen molar-refractivity contribution in [3.63, 3.8) is 0 Å². The predicted molar refractivity (Wildman–Crippen MR) is 128 cm³/mol. The number of piperidine rings is 1. The molecule has 1 aliphatic rings. The van der Waals surface area contributed by atoms with Crippen LogP contribution in [0, 0.1) is 11.8 Å². The standard InChI is InChI=1S/C25H25ClN2O8/c1-14-12-28(13-18(21(14)29)24(33)35-2)25(34)36-16-9-7-15(8-10-16)11-20(23(31)32)27-22(30)17-5-3-4-6-19(17)26/h3-10,14,18,20H,11-13H2,1-2H3,(H,27,30)(H,31,32). The van der Waals surface area contributed by atoms with E-state index >= 15 is 0 Å². The van der Waals surface area contributed by atoms with Gasteiger partial charge in [-0.25, -0.2) is 9.59 Å². The van der Waals surface area contributed by atoms with E-state index in [2.05, 4.69) is 10.1 Å². The van der Waals surface area contributed by atoms with E-state index in [-0.39, 0.29) is 41.6 Å². The zero-order chi connectivity index (χ0) is 26.4. The van der Waals surface area contributed by atoms with E-state index in [1.807, 2.05) is 0 Å². The van der Waals surface area contributed by atoms with Crippen molar-refractivity contribution in [2.75, 3.05) is 20.2 Å². The number of ether oxygens (including phenoxy) is 2. The van der Waals surface area contributed by atoms with Gasteiger partial charge in [-0.15, -0.1) is 0 Å². The highest BCUT2D eigenvalue weighted by Crippen LogP contribution is 2.22. The quantitative estimate of drug-likeness (QED) is 0.423. The molecule has 2 amide bonds. The van der Waals surface area contributed by atoms with Crippen molar-refractivity contribution in [2.24, 2.45) is 11.8 Å². The van der Waals surface area contributed by atoms with E-state index in [9.17, 15) is 29.1 Å². The molecule has 1 heterocycles. The van der Waals surface area contributed by atoms with Crippen LogP contribution in [-0.4, -0.2) is 66.0 Å². The molecule has 2 N–H and O–H groups in total. The molecule has 0 saturated carbocycles. The van der Waals surface area contributed by atoms with Crippen LogP contribution < -0.4 is 10.1 Å². The number of carbonyl (C=O) groups is 5. The van der Waals surface area contributed by atoms with Crippen LogP contribution in [0.15, 0.2) is 48.5 Å². The summed E-state index contributed by atoms with van der Waals surface area (Å²) in [5.74, 6) is -4.25. The minimum atomic E-state index is -1.22. The summed E-state index contributed by atoms with van der Waals surface area (Å²) in [6.07, 6.45) is -0.752. The molecule has 1 fully saturated rings. The van der Waals surface area contributed by atoms with Crippen LogP contribution in [0.5, 0.6) is 5.75 Å². The summed E-state index contributed by atoms with van der Waals surface area (Å²) in [5.41, 5.74) is 0.737. The van der Waals surface area contributed by atoms with Crippen molar-refractivity contribution in [2.45, 2.75) is 19.4 Å². The number of carboxylic acid groups (broad SMARTS) is 1. The van der Waals surface area contributed by atoms with Crippen LogP contribution >= 0.6 is 11.6 Å². The summed E-state index contributed by atoms with van der Waals surface area (Å²) in [4.78, 5) is 62.2. The number of Topliss-reactive ketones (excluding diaryl/α,β-unsaturated/α-hetero) is 1. The number of halogens is 1. The fraction of sp³-hybridized carbons (Fsp3) is 0.320. The maximum Gasteiger partial charge on any atom is 0.415 e. The molecule has 2 aromatic carbocycles. The van der Waals surface area contributed by atoms with Gasteiger partial charge in [-0.2, -0.15) is 0 Å². The first kappa shape index (κ1) is 26.7. The molecule has 2 aromatic rings. The minimum Gasteiger partial charge on any atom is -0.480 e. The van der Waals surface area contributed by atoms with E-state index in [4.69, 9.17) is 16.3 Å². The molecule has 10 nitrogen and oxygen atoms in total. The minimum absolute atomic E-state index is 0.0215. The third kappa shape index (κ3) is 6.39. The highest BCUT2D eigenvalue weighted by molar-refractivity contribution is 6.33. The Bertz CT molecular complexity index is 1170. The molecule has 36 heavy (non-hydrogen) atoms. The third-order valence-corrected chi connectivity index (χ3v) is 6.09. The van der Waals surface area contributed by atoms with Crippen LogP contribution in [0.2, 0.25) is 5.02 Å². The van der Waals surface area contributed by atoms with Crippen LogP contribution in [0.3, 0.4) is 0 Å². The Kier molecular flexibility index (Phi) is 8.65. The van der Waals surface area contributed by atoms with Crippen molar-refractivity contribution >= 4 is 41.3 Å². The summed E-state index contributed by atoms with van der Waals surface area (Å²) in [6, 6.07) is 11.2. The van der Waals surface area contributed by atoms with E-state index in [0.29, 0.717) is 5.56 Å². The lowest BCUT2D eigenvalue weighted by molar-refractivity contribution is -0.153. The van der Waals surface area contributed by atoms with Crippen molar-refractivity contribution in [3.05, 3.63) is 64.7 Å². The average Bonchev–Trinajstić information content (AvgIpc) is 2.85. The first-order chi connectivity index (χ1) is 17.1. The Morgan fingerprint density at radius 3 is 2.39 bits per heavy atom. The second-order valence-corrected chi connectivity index (χ2v) is 8.75. The maximum absolute atomic E-state index is 12.6. The van der Waals surface area contributed by atoms with Crippen LogP contribution in [-0.2, 0) is 25.5 Å². The molecular formula is C25H25ClN2O8. The molecule has 1 saturated heterocycles. The van der Waals surface area contributed by atoms with Gasteiger partial charge in [-0.05, 0) is 29.8 Å². The van der Waals surface area contributed by atoms with Crippen LogP contribution in [0.1, 0.15) is 22.8 Å². The van der Waals surface area contributed by atoms with Crippen molar-refractivity contribution in [1.82, 2.24) is 10.2 Å². The van der Waals surface area contributed by atoms with E-state index in [1.54, 1.807) is 31.2 Å². The first-order valence-electron chi connectivity index (χ1n) is 11.1. The number of hydrogen-bond acceptors (Lipinski definition) is 7. The van der Waals surface area contributed by atoms with Crippen LogP contribution in [0.4, 0.5) is 4.79 Å². The van der Waals surface area contributed by atoms with Gasteiger partial charge in [0.1, 0.15) is 17.7 Å². The highest BCUT2D eigenvalue weighted by Gasteiger charge is 2.40. The molecule has 0 spiro atoms. The fourth-order valence-electron chi connectivity index (χ4n) is 3.81. The van der Waals surface area contributed by atoms with Gasteiger partial charge in [-0.3, -0.25) is 14.4 Å². The number of amides is 2. The number of esters is 1. The summed E-state index contributed by atoms with van der Waals surface area (Å²) >= 11 is 6.01. The Morgan fingerprint density at radius 2 is 1.78 bits per heavy atom. The molecule has 0 radical (unpaired) electrons. The van der Waals surface area contributed by atoms with Gasteiger partial charge in [0.05, 0.1) is 17.7 Å². The normalized spacial score (nSPS) is 18.2. The lowest BCUT2D eigenvalue weighted by Gasteiger charge is -2.33. The van der Waals surface area contributed by atoms with Gasteiger partial charge in [0.25, 0.3) is 5.91 Å². The molecule has 0 aliphatic carbocycles. The summed E-state index contributed by atoms with van der Waals surface area (Å²) in [5, 5.41) is 12.2. The smallest absolute Gasteiger partial charge is 0.415 e. The number of rotatable bonds is 7. The number of carbonyl (C=O) groups excluding carboxylic acids is 4. The molecule has 3 atom stereocenters. The number of nitrogens with zero attached hydrogens (tertiary/aromatic N) is 1. The Balaban J connectivity index is 1.62. The molecule has 0 aromatic heterocycles. The molecule has 11 heteroatoms. The number of hydrogen-bond donors (Lipinski definition) is 2. The van der Waals surface area contributed by atoms with E-state index in [0.717, 1.165) is 0 Å². The number of aliphatic carboxylic acids is 1. The lowest BCUT2D eigenvalue weighted by Crippen LogP contribution is -2.51. The molecule has 3 rings (SSSR count). The number of benzene rings is 2.